The van der Waals surface area contributed by atoms with Gasteiger partial charge in [-0.3, -0.25) is 14.9 Å². The summed E-state index contributed by atoms with van der Waals surface area (Å²) in [6.07, 6.45) is 2.32. The lowest BCUT2D eigenvalue weighted by atomic mass is 10.2. The van der Waals surface area contributed by atoms with Gasteiger partial charge in [0.15, 0.2) is 0 Å². The number of carbonyl (C=O) groups excluding carboxylic acids is 2. The summed E-state index contributed by atoms with van der Waals surface area (Å²) < 4.78 is 26.3. The second-order valence-electron chi connectivity index (χ2n) is 5.79. The minimum atomic E-state index is -0.828. The van der Waals surface area contributed by atoms with Crippen LogP contribution in [0.3, 0.4) is 0 Å². The first kappa shape index (κ1) is 18.2. The van der Waals surface area contributed by atoms with E-state index in [0.717, 1.165) is 42.9 Å². The summed E-state index contributed by atoms with van der Waals surface area (Å²) in [6, 6.07) is 2.58. The Morgan fingerprint density at radius 3 is 2.62 bits per heavy atom. The van der Waals surface area contributed by atoms with Crippen LogP contribution in [-0.4, -0.2) is 46.5 Å². The van der Waals surface area contributed by atoms with Crippen molar-refractivity contribution in [3.8, 4) is 0 Å². The first-order chi connectivity index (χ1) is 12.5. The van der Waals surface area contributed by atoms with Crippen molar-refractivity contribution in [2.45, 2.75) is 19.3 Å². The number of hydrogen-bond donors (Lipinski definition) is 2. The van der Waals surface area contributed by atoms with E-state index >= 15 is 0 Å². The number of anilines is 2. The summed E-state index contributed by atoms with van der Waals surface area (Å²) in [7, 11) is 0. The zero-order chi connectivity index (χ0) is 18.5. The Hall–Kier alpha value is -2.62. The number of nitrogens with one attached hydrogen (secondary N) is 2. The number of likely N-dealkylation sites (tertiary alicyclic amines) is 1. The van der Waals surface area contributed by atoms with Gasteiger partial charge in [0, 0.05) is 37.7 Å². The third kappa shape index (κ3) is 4.72. The molecule has 2 heterocycles. The van der Waals surface area contributed by atoms with Crippen molar-refractivity contribution in [3.05, 3.63) is 35.4 Å². The fourth-order valence-corrected chi connectivity index (χ4v) is 3.27. The summed E-state index contributed by atoms with van der Waals surface area (Å²) >= 11 is 1.11. The quantitative estimate of drug-likeness (QED) is 0.720. The van der Waals surface area contributed by atoms with E-state index in [1.54, 1.807) is 0 Å². The van der Waals surface area contributed by atoms with Crippen LogP contribution in [0.5, 0.6) is 0 Å². The Morgan fingerprint density at radius 1 is 1.19 bits per heavy atom. The van der Waals surface area contributed by atoms with Gasteiger partial charge in [-0.2, -0.15) is 0 Å². The minimum Gasteiger partial charge on any atom is -0.360 e. The molecule has 1 aromatic heterocycles. The molecule has 2 aromatic rings. The van der Waals surface area contributed by atoms with E-state index in [1.807, 2.05) is 4.90 Å². The molecule has 1 aliphatic rings. The Bertz CT molecular complexity index is 793. The summed E-state index contributed by atoms with van der Waals surface area (Å²) in [5, 5.41) is 14.0. The zero-order valence-corrected chi connectivity index (χ0v) is 14.6. The zero-order valence-electron chi connectivity index (χ0n) is 13.8. The highest BCUT2D eigenvalue weighted by atomic mass is 32.1. The van der Waals surface area contributed by atoms with Gasteiger partial charge in [-0.15, -0.1) is 10.2 Å². The number of aromatic nitrogens is 2. The molecule has 0 bridgehead atoms. The largest absolute Gasteiger partial charge is 0.360 e. The molecular formula is C16H17F2N5O2S. The smallest absolute Gasteiger partial charge is 0.257 e. The average molecular weight is 381 g/mol. The molecule has 138 valence electrons. The van der Waals surface area contributed by atoms with Crippen LogP contribution >= 0.6 is 11.3 Å². The van der Waals surface area contributed by atoms with Crippen molar-refractivity contribution in [2.75, 3.05) is 30.3 Å². The molecule has 0 aliphatic carbocycles. The van der Waals surface area contributed by atoms with Gasteiger partial charge in [0.05, 0.1) is 0 Å². The van der Waals surface area contributed by atoms with E-state index in [1.165, 1.54) is 0 Å². The second-order valence-corrected chi connectivity index (χ2v) is 6.77. The highest BCUT2D eigenvalue weighted by Crippen LogP contribution is 2.21. The molecule has 7 nitrogen and oxygen atoms in total. The van der Waals surface area contributed by atoms with Gasteiger partial charge in [-0.25, -0.2) is 8.78 Å². The molecule has 0 radical (unpaired) electrons. The second kappa shape index (κ2) is 8.17. The van der Waals surface area contributed by atoms with Crippen molar-refractivity contribution in [3.63, 3.8) is 0 Å². The maximum atomic E-state index is 13.2. The molecule has 2 N–H and O–H groups in total. The summed E-state index contributed by atoms with van der Waals surface area (Å²) in [6.45, 7) is 2.12. The molecule has 0 atom stereocenters. The molecule has 1 aromatic carbocycles. The molecule has 2 amide bonds. The monoisotopic (exact) mass is 381 g/mol. The number of amides is 2. The van der Waals surface area contributed by atoms with Crippen molar-refractivity contribution in [2.24, 2.45) is 0 Å². The Balaban J connectivity index is 1.46. The highest BCUT2D eigenvalue weighted by molar-refractivity contribution is 7.19. The number of hydrogen-bond acceptors (Lipinski definition) is 6. The van der Waals surface area contributed by atoms with E-state index in [0.29, 0.717) is 30.7 Å². The SMILES string of the molecule is O=C(Nc1nnc(NCCCN2CCCC2=O)s1)c1cc(F)cc(F)c1. The van der Waals surface area contributed by atoms with Gasteiger partial charge in [-0.1, -0.05) is 11.3 Å². The van der Waals surface area contributed by atoms with Crippen LogP contribution in [0.15, 0.2) is 18.2 Å². The number of nitrogens with zero attached hydrogens (tertiary/aromatic N) is 3. The van der Waals surface area contributed by atoms with E-state index in [9.17, 15) is 18.4 Å². The Labute approximate surface area is 152 Å². The summed E-state index contributed by atoms with van der Waals surface area (Å²) in [5.74, 6) is -2.13. The Morgan fingerprint density at radius 2 is 1.92 bits per heavy atom. The van der Waals surface area contributed by atoms with Gasteiger partial charge in [-0.05, 0) is 25.0 Å². The number of halogens is 2. The minimum absolute atomic E-state index is 0.137. The molecule has 0 saturated carbocycles. The molecule has 1 aliphatic heterocycles. The first-order valence-electron chi connectivity index (χ1n) is 8.14. The predicted octanol–water partition coefficient (Wildman–Crippen LogP) is 2.49. The number of carbonyl (C=O) groups is 2. The van der Waals surface area contributed by atoms with E-state index in [2.05, 4.69) is 20.8 Å². The van der Waals surface area contributed by atoms with Gasteiger partial charge in [0.1, 0.15) is 11.6 Å². The highest BCUT2D eigenvalue weighted by Gasteiger charge is 2.19. The molecule has 0 spiro atoms. The molecule has 26 heavy (non-hydrogen) atoms. The topological polar surface area (TPSA) is 87.2 Å². The molecule has 1 saturated heterocycles. The van der Waals surface area contributed by atoms with Gasteiger partial charge in [0.2, 0.25) is 16.2 Å². The number of rotatable bonds is 7. The van der Waals surface area contributed by atoms with Crippen molar-refractivity contribution in [1.82, 2.24) is 15.1 Å². The van der Waals surface area contributed by atoms with Gasteiger partial charge in [0.25, 0.3) is 5.91 Å². The van der Waals surface area contributed by atoms with Gasteiger partial charge >= 0.3 is 0 Å². The van der Waals surface area contributed by atoms with Crippen LogP contribution in [0.25, 0.3) is 0 Å². The van der Waals surface area contributed by atoms with E-state index in [-0.39, 0.29) is 16.6 Å². The molecule has 10 heteroatoms. The molecule has 3 rings (SSSR count). The number of benzene rings is 1. The fraction of sp³-hybridized carbons (Fsp3) is 0.375. The first-order valence-corrected chi connectivity index (χ1v) is 8.95. The summed E-state index contributed by atoms with van der Waals surface area (Å²) in [4.78, 5) is 25.3. The van der Waals surface area contributed by atoms with Crippen LogP contribution in [0.4, 0.5) is 19.0 Å². The normalized spacial score (nSPS) is 13.9. The lowest BCUT2D eigenvalue weighted by molar-refractivity contribution is -0.127. The van der Waals surface area contributed by atoms with E-state index in [4.69, 9.17) is 0 Å². The van der Waals surface area contributed by atoms with Crippen LogP contribution in [0.1, 0.15) is 29.6 Å². The average Bonchev–Trinajstić information content (AvgIpc) is 3.20. The fourth-order valence-electron chi connectivity index (χ4n) is 2.61. The van der Waals surface area contributed by atoms with Crippen LogP contribution in [0.2, 0.25) is 0 Å². The standard InChI is InChI=1S/C16H17F2N5O2S/c17-11-7-10(8-12(18)9-11)14(25)20-16-22-21-15(26-16)19-4-2-6-23-5-1-3-13(23)24/h7-9H,1-6H2,(H,19,21)(H,20,22,25). The lowest BCUT2D eigenvalue weighted by Gasteiger charge is -2.14. The van der Waals surface area contributed by atoms with E-state index < -0.39 is 17.5 Å². The molecule has 1 fully saturated rings. The maximum absolute atomic E-state index is 13.2. The molecular weight excluding hydrogens is 364 g/mol. The van der Waals surface area contributed by atoms with Crippen molar-refractivity contribution >= 4 is 33.4 Å². The third-order valence-corrected chi connectivity index (χ3v) is 4.62. The van der Waals surface area contributed by atoms with Gasteiger partial charge < -0.3 is 10.2 Å². The molecule has 0 unspecified atom stereocenters. The maximum Gasteiger partial charge on any atom is 0.257 e. The van der Waals surface area contributed by atoms with Crippen molar-refractivity contribution < 1.29 is 18.4 Å². The third-order valence-electron chi connectivity index (χ3n) is 3.82. The van der Waals surface area contributed by atoms with Crippen molar-refractivity contribution in [1.29, 1.82) is 0 Å². The lowest BCUT2D eigenvalue weighted by Crippen LogP contribution is -2.26. The van der Waals surface area contributed by atoms with Crippen LogP contribution in [0, 0.1) is 11.6 Å². The Kier molecular flexibility index (Phi) is 5.71. The van der Waals surface area contributed by atoms with Crippen LogP contribution < -0.4 is 10.6 Å². The summed E-state index contributed by atoms with van der Waals surface area (Å²) in [5.41, 5.74) is -0.137. The predicted molar refractivity (Wildman–Crippen MR) is 93.1 cm³/mol. The van der Waals surface area contributed by atoms with Crippen LogP contribution in [-0.2, 0) is 4.79 Å².